The zero-order chi connectivity index (χ0) is 23.4. The molecule has 0 saturated carbocycles. The predicted molar refractivity (Wildman–Crippen MR) is 129 cm³/mol. The minimum Gasteiger partial charge on any atom is -0.384 e. The molecule has 0 bridgehead atoms. The van der Waals surface area contributed by atoms with Crippen LogP contribution in [0.4, 0.5) is 5.69 Å². The number of nitrogens with zero attached hydrogens (tertiary/aromatic N) is 1. The molecule has 6 nitrogen and oxygen atoms in total. The Morgan fingerprint density at radius 3 is 2.52 bits per heavy atom. The second-order valence-electron chi connectivity index (χ2n) is 7.33. The molecular formula is C24H35ClN2O4. The van der Waals surface area contributed by atoms with Gasteiger partial charge in [0.2, 0.25) is 0 Å². The fourth-order valence-corrected chi connectivity index (χ4v) is 3.37. The number of rotatable bonds is 12. The van der Waals surface area contributed by atoms with E-state index in [0.717, 1.165) is 31.1 Å². The zero-order valence-electron chi connectivity index (χ0n) is 19.3. The number of carbonyl (C=O) groups excluding carboxylic acids is 2. The van der Waals surface area contributed by atoms with Crippen molar-refractivity contribution in [1.82, 2.24) is 4.57 Å². The zero-order valence-corrected chi connectivity index (χ0v) is 20.1. The average molecular weight is 451 g/mol. The standard InChI is InChI=1S/C22H29ClN2O4.C2H6/c1-15(2)25-14-18(16(3)27)22(28)17-12-20(19(23)13-21(17)25)24-8-5-4-6-10-29-11-7-9-26;1-2/h9,12-15,24H,4-8,10-11H2,1-3H3;1-2H3. The van der Waals surface area contributed by atoms with Crippen LogP contribution in [0.3, 0.4) is 0 Å². The van der Waals surface area contributed by atoms with E-state index in [2.05, 4.69) is 5.32 Å². The number of hydrogen-bond donors (Lipinski definition) is 1. The summed E-state index contributed by atoms with van der Waals surface area (Å²) in [5.74, 6) is -0.244. The van der Waals surface area contributed by atoms with Crippen molar-refractivity contribution in [3.05, 3.63) is 39.1 Å². The fraction of sp³-hybridized carbons (Fsp3) is 0.542. The summed E-state index contributed by atoms with van der Waals surface area (Å²) in [5, 5.41) is 4.32. The second-order valence-corrected chi connectivity index (χ2v) is 7.74. The molecule has 0 fully saturated rings. The lowest BCUT2D eigenvalue weighted by molar-refractivity contribution is -0.108. The highest BCUT2D eigenvalue weighted by Crippen LogP contribution is 2.28. The first-order valence-corrected chi connectivity index (χ1v) is 11.4. The van der Waals surface area contributed by atoms with Crippen LogP contribution in [-0.4, -0.2) is 36.4 Å². The summed E-state index contributed by atoms with van der Waals surface area (Å²) in [5.41, 5.74) is 1.33. The van der Waals surface area contributed by atoms with Crippen LogP contribution < -0.4 is 10.7 Å². The Bertz CT molecular complexity index is 922. The number of aldehydes is 1. The molecule has 1 aromatic carbocycles. The summed E-state index contributed by atoms with van der Waals surface area (Å²) in [7, 11) is 0. The van der Waals surface area contributed by atoms with Crippen LogP contribution in [0.1, 0.15) is 76.7 Å². The van der Waals surface area contributed by atoms with Crippen molar-refractivity contribution in [2.24, 2.45) is 0 Å². The molecule has 0 unspecified atom stereocenters. The molecule has 2 rings (SSSR count). The maximum Gasteiger partial charge on any atom is 0.200 e. The first kappa shape index (κ1) is 26.9. The van der Waals surface area contributed by atoms with Gasteiger partial charge in [0, 0.05) is 37.2 Å². The van der Waals surface area contributed by atoms with Gasteiger partial charge in [0.15, 0.2) is 11.2 Å². The Morgan fingerprint density at radius 2 is 1.90 bits per heavy atom. The summed E-state index contributed by atoms with van der Waals surface area (Å²) in [6.07, 6.45) is 5.74. The van der Waals surface area contributed by atoms with Crippen LogP contribution in [0.15, 0.2) is 23.1 Å². The largest absolute Gasteiger partial charge is 0.384 e. The highest BCUT2D eigenvalue weighted by molar-refractivity contribution is 6.34. The maximum absolute atomic E-state index is 12.8. The van der Waals surface area contributed by atoms with Crippen LogP contribution >= 0.6 is 11.6 Å². The third-order valence-electron chi connectivity index (χ3n) is 4.72. The maximum atomic E-state index is 12.8. The Labute approximate surface area is 189 Å². The smallest absolute Gasteiger partial charge is 0.200 e. The quantitative estimate of drug-likeness (QED) is 0.257. The summed E-state index contributed by atoms with van der Waals surface area (Å²) in [6.45, 7) is 11.2. The van der Waals surface area contributed by atoms with Gasteiger partial charge in [0.05, 0.1) is 28.4 Å². The van der Waals surface area contributed by atoms with Crippen LogP contribution in [0.2, 0.25) is 5.02 Å². The highest BCUT2D eigenvalue weighted by Gasteiger charge is 2.16. The van der Waals surface area contributed by atoms with Gasteiger partial charge in [-0.25, -0.2) is 0 Å². The van der Waals surface area contributed by atoms with E-state index in [1.807, 2.05) is 32.3 Å². The lowest BCUT2D eigenvalue weighted by atomic mass is 10.1. The molecule has 1 heterocycles. The van der Waals surface area contributed by atoms with Gasteiger partial charge in [-0.3, -0.25) is 9.59 Å². The number of Topliss-reactive ketones (excluding diaryl/α,β-unsaturated/α-hetero) is 1. The lowest BCUT2D eigenvalue weighted by Gasteiger charge is -2.18. The van der Waals surface area contributed by atoms with E-state index in [1.54, 1.807) is 18.3 Å². The SMILES string of the molecule is CC.CC(=O)c1cn(C(C)C)c2cc(Cl)c(NCCCCCOCCC=O)cc2c1=O. The number of ketones is 1. The number of nitrogens with one attached hydrogen (secondary N) is 1. The molecule has 1 N–H and O–H groups in total. The summed E-state index contributed by atoms with van der Waals surface area (Å²) < 4.78 is 7.25. The summed E-state index contributed by atoms with van der Waals surface area (Å²) >= 11 is 6.45. The molecule has 0 radical (unpaired) electrons. The van der Waals surface area contributed by atoms with Gasteiger partial charge in [-0.15, -0.1) is 0 Å². The van der Waals surface area contributed by atoms with Crippen molar-refractivity contribution in [2.75, 3.05) is 25.1 Å². The number of hydrogen-bond acceptors (Lipinski definition) is 5. The van der Waals surface area contributed by atoms with E-state index in [-0.39, 0.29) is 22.8 Å². The third kappa shape index (κ3) is 7.78. The van der Waals surface area contributed by atoms with Crippen molar-refractivity contribution >= 4 is 40.3 Å². The molecule has 0 aliphatic rings. The molecule has 0 amide bonds. The van der Waals surface area contributed by atoms with Crippen molar-refractivity contribution in [3.63, 3.8) is 0 Å². The predicted octanol–water partition coefficient (Wildman–Crippen LogP) is 5.65. The van der Waals surface area contributed by atoms with Gasteiger partial charge >= 0.3 is 0 Å². The van der Waals surface area contributed by atoms with Gasteiger partial charge in [-0.2, -0.15) is 0 Å². The molecule has 2 aromatic rings. The molecule has 31 heavy (non-hydrogen) atoms. The minimum atomic E-state index is -0.267. The van der Waals surface area contributed by atoms with Gasteiger partial charge in [0.25, 0.3) is 0 Å². The van der Waals surface area contributed by atoms with Crippen LogP contribution in [0.25, 0.3) is 10.9 Å². The van der Waals surface area contributed by atoms with Crippen molar-refractivity contribution < 1.29 is 14.3 Å². The number of benzene rings is 1. The lowest BCUT2D eigenvalue weighted by Crippen LogP contribution is -2.19. The first-order chi connectivity index (χ1) is 14.9. The van der Waals surface area contributed by atoms with Gasteiger partial charge < -0.3 is 19.4 Å². The molecule has 7 heteroatoms. The molecule has 0 aliphatic carbocycles. The molecule has 0 aliphatic heterocycles. The Morgan fingerprint density at radius 1 is 1.19 bits per heavy atom. The van der Waals surface area contributed by atoms with E-state index in [0.29, 0.717) is 42.3 Å². The highest BCUT2D eigenvalue weighted by atomic mass is 35.5. The van der Waals surface area contributed by atoms with Gasteiger partial charge in [0.1, 0.15) is 6.29 Å². The minimum absolute atomic E-state index is 0.0832. The number of pyridine rings is 1. The number of aromatic nitrogens is 1. The van der Waals surface area contributed by atoms with Gasteiger partial charge in [-0.05, 0) is 52.2 Å². The second kappa shape index (κ2) is 14.0. The Kier molecular flexibility index (Phi) is 12.1. The molecule has 0 atom stereocenters. The summed E-state index contributed by atoms with van der Waals surface area (Å²) in [4.78, 5) is 34.9. The van der Waals surface area contributed by atoms with Crippen LogP contribution in [0, 0.1) is 0 Å². The topological polar surface area (TPSA) is 77.4 Å². The molecular weight excluding hydrogens is 416 g/mol. The van der Waals surface area contributed by atoms with E-state index < -0.39 is 0 Å². The number of fused-ring (bicyclic) bond motifs is 1. The number of carbonyl (C=O) groups is 2. The van der Waals surface area contributed by atoms with E-state index in [4.69, 9.17) is 16.3 Å². The number of halogens is 1. The summed E-state index contributed by atoms with van der Waals surface area (Å²) in [6, 6.07) is 3.61. The van der Waals surface area contributed by atoms with E-state index in [1.165, 1.54) is 6.92 Å². The van der Waals surface area contributed by atoms with Crippen LogP contribution in [-0.2, 0) is 9.53 Å². The van der Waals surface area contributed by atoms with Gasteiger partial charge in [-0.1, -0.05) is 25.4 Å². The van der Waals surface area contributed by atoms with E-state index in [9.17, 15) is 14.4 Å². The molecule has 0 spiro atoms. The van der Waals surface area contributed by atoms with Crippen LogP contribution in [0.5, 0.6) is 0 Å². The Hall–Kier alpha value is -2.18. The molecule has 1 aromatic heterocycles. The van der Waals surface area contributed by atoms with Crippen molar-refractivity contribution in [1.29, 1.82) is 0 Å². The van der Waals surface area contributed by atoms with E-state index >= 15 is 0 Å². The number of anilines is 1. The Balaban J connectivity index is 0.00000233. The third-order valence-corrected chi connectivity index (χ3v) is 5.03. The van der Waals surface area contributed by atoms with Crippen molar-refractivity contribution in [2.45, 2.75) is 66.3 Å². The first-order valence-electron chi connectivity index (χ1n) is 11.0. The molecule has 0 saturated heterocycles. The van der Waals surface area contributed by atoms with Crippen molar-refractivity contribution in [3.8, 4) is 0 Å². The normalized spacial score (nSPS) is 10.7. The average Bonchev–Trinajstić information content (AvgIpc) is 2.74. The number of unbranched alkanes of at least 4 members (excludes halogenated alkanes) is 2. The monoisotopic (exact) mass is 450 g/mol. The number of ether oxygens (including phenoxy) is 1. The fourth-order valence-electron chi connectivity index (χ4n) is 3.15. The molecule has 172 valence electrons.